The Morgan fingerprint density at radius 3 is 2.61 bits per heavy atom. The molecule has 0 unspecified atom stereocenters. The van der Waals surface area contributed by atoms with Gasteiger partial charge in [-0.1, -0.05) is 15.9 Å². The van der Waals surface area contributed by atoms with E-state index < -0.39 is 0 Å². The van der Waals surface area contributed by atoms with Crippen LogP contribution in [-0.4, -0.2) is 15.6 Å². The highest BCUT2D eigenvalue weighted by Crippen LogP contribution is 2.26. The molecule has 0 saturated carbocycles. The molecule has 0 bridgehead atoms. The van der Waals surface area contributed by atoms with E-state index in [0.29, 0.717) is 22.3 Å². The van der Waals surface area contributed by atoms with Crippen LogP contribution in [0.15, 0.2) is 37.8 Å². The average molecular weight is 437 g/mol. The van der Waals surface area contributed by atoms with Crippen molar-refractivity contribution in [2.24, 2.45) is 0 Å². The number of carbonyl (C=O) groups excluding carboxylic acids is 1. The Morgan fingerprint density at radius 1 is 1.28 bits per heavy atom. The molecule has 0 saturated heterocycles. The lowest BCUT2D eigenvalue weighted by atomic mass is 10.1. The van der Waals surface area contributed by atoms with E-state index in [0.717, 1.165) is 8.95 Å². The van der Waals surface area contributed by atoms with Crippen molar-refractivity contribution >= 4 is 53.6 Å². The first-order valence-electron chi connectivity index (χ1n) is 5.25. The van der Waals surface area contributed by atoms with Crippen LogP contribution >= 0.6 is 47.8 Å². The second kappa shape index (κ2) is 5.67. The largest absolute Gasteiger partial charge is 0.287 e. The van der Waals surface area contributed by atoms with Gasteiger partial charge >= 0.3 is 0 Å². The smallest absolute Gasteiger partial charge is 0.213 e. The third-order valence-electron chi connectivity index (χ3n) is 2.49. The first kappa shape index (κ1) is 14.0. The predicted molar refractivity (Wildman–Crippen MR) is 80.9 cm³/mol. The summed E-state index contributed by atoms with van der Waals surface area (Å²) < 4.78 is 4.08. The second-order valence-corrected chi connectivity index (χ2v) is 6.23. The van der Waals surface area contributed by atoms with Crippen LogP contribution in [-0.2, 0) is 6.54 Å². The highest BCUT2D eigenvalue weighted by atomic mass is 79.9. The lowest BCUT2D eigenvalue weighted by Crippen LogP contribution is -2.11. The molecule has 6 heteroatoms. The van der Waals surface area contributed by atoms with Crippen LogP contribution in [0.2, 0.25) is 0 Å². The molecule has 2 rings (SSSR count). The van der Waals surface area contributed by atoms with Crippen molar-refractivity contribution in [3.63, 3.8) is 0 Å². The zero-order chi connectivity index (χ0) is 13.3. The van der Waals surface area contributed by atoms with Crippen LogP contribution in [0.1, 0.15) is 23.0 Å². The summed E-state index contributed by atoms with van der Waals surface area (Å²) in [7, 11) is 0. The molecule has 0 fully saturated rings. The van der Waals surface area contributed by atoms with Crippen LogP contribution in [0.25, 0.3) is 0 Å². The van der Waals surface area contributed by atoms with E-state index in [9.17, 15) is 4.79 Å². The lowest BCUT2D eigenvalue weighted by molar-refractivity contribution is 0.102. The van der Waals surface area contributed by atoms with Gasteiger partial charge in [-0.25, -0.2) is 0 Å². The number of benzene rings is 1. The van der Waals surface area contributed by atoms with Gasteiger partial charge in [0.05, 0.1) is 10.7 Å². The molecule has 3 nitrogen and oxygen atoms in total. The SMILES string of the molecule is CCn1ncc(Br)c1C(=O)c1ccc(Br)cc1Br. The van der Waals surface area contributed by atoms with Gasteiger partial charge in [0.1, 0.15) is 5.69 Å². The van der Waals surface area contributed by atoms with E-state index in [4.69, 9.17) is 0 Å². The summed E-state index contributed by atoms with van der Waals surface area (Å²) in [4.78, 5) is 12.5. The van der Waals surface area contributed by atoms with E-state index >= 15 is 0 Å². The van der Waals surface area contributed by atoms with Crippen molar-refractivity contribution in [3.05, 3.63) is 49.1 Å². The van der Waals surface area contributed by atoms with E-state index in [2.05, 4.69) is 52.9 Å². The van der Waals surface area contributed by atoms with Crippen LogP contribution in [0.3, 0.4) is 0 Å². The highest BCUT2D eigenvalue weighted by Gasteiger charge is 2.20. The first-order chi connectivity index (χ1) is 8.54. The molecule has 1 aromatic heterocycles. The van der Waals surface area contributed by atoms with E-state index in [-0.39, 0.29) is 5.78 Å². The van der Waals surface area contributed by atoms with Crippen LogP contribution in [0.5, 0.6) is 0 Å². The summed E-state index contributed by atoms with van der Waals surface area (Å²) >= 11 is 10.1. The van der Waals surface area contributed by atoms with Crippen molar-refractivity contribution < 1.29 is 4.79 Å². The Labute approximate surface area is 130 Å². The number of hydrogen-bond acceptors (Lipinski definition) is 2. The van der Waals surface area contributed by atoms with Crippen molar-refractivity contribution in [1.82, 2.24) is 9.78 Å². The summed E-state index contributed by atoms with van der Waals surface area (Å²) in [6, 6.07) is 5.49. The van der Waals surface area contributed by atoms with Crippen molar-refractivity contribution in [2.45, 2.75) is 13.5 Å². The third-order valence-corrected chi connectivity index (χ3v) is 4.21. The molecule has 2 aromatic rings. The van der Waals surface area contributed by atoms with Gasteiger partial charge in [-0.05, 0) is 57.0 Å². The van der Waals surface area contributed by atoms with Gasteiger partial charge in [-0.15, -0.1) is 0 Å². The highest BCUT2D eigenvalue weighted by molar-refractivity contribution is 9.11. The molecule has 0 N–H and O–H groups in total. The van der Waals surface area contributed by atoms with Gasteiger partial charge < -0.3 is 0 Å². The minimum atomic E-state index is -0.0550. The Hall–Kier alpha value is -0.460. The fraction of sp³-hybridized carbons (Fsp3) is 0.167. The van der Waals surface area contributed by atoms with E-state index in [1.54, 1.807) is 16.9 Å². The molecule has 0 aliphatic rings. The third kappa shape index (κ3) is 2.60. The minimum Gasteiger partial charge on any atom is -0.287 e. The van der Waals surface area contributed by atoms with Crippen molar-refractivity contribution in [3.8, 4) is 0 Å². The summed E-state index contributed by atoms with van der Waals surface area (Å²) in [6.07, 6.45) is 1.64. The molecule has 94 valence electrons. The Kier molecular flexibility index (Phi) is 4.40. The summed E-state index contributed by atoms with van der Waals surface area (Å²) in [5.41, 5.74) is 1.19. The summed E-state index contributed by atoms with van der Waals surface area (Å²) in [5, 5.41) is 4.15. The summed E-state index contributed by atoms with van der Waals surface area (Å²) in [5.74, 6) is -0.0550. The van der Waals surface area contributed by atoms with Gasteiger partial charge in [-0.2, -0.15) is 5.10 Å². The van der Waals surface area contributed by atoms with Gasteiger partial charge in [-0.3, -0.25) is 9.48 Å². The van der Waals surface area contributed by atoms with Crippen LogP contribution in [0, 0.1) is 0 Å². The zero-order valence-electron chi connectivity index (χ0n) is 9.45. The number of ketones is 1. The number of halogens is 3. The molecule has 0 aliphatic carbocycles. The Bertz CT molecular complexity index is 607. The number of aryl methyl sites for hydroxylation is 1. The molecule has 1 heterocycles. The zero-order valence-corrected chi connectivity index (χ0v) is 14.2. The molecule has 0 atom stereocenters. The molecule has 0 radical (unpaired) electrons. The monoisotopic (exact) mass is 434 g/mol. The van der Waals surface area contributed by atoms with Crippen molar-refractivity contribution in [1.29, 1.82) is 0 Å². The maximum Gasteiger partial charge on any atom is 0.213 e. The number of rotatable bonds is 3. The van der Waals surface area contributed by atoms with Crippen molar-refractivity contribution in [2.75, 3.05) is 0 Å². The van der Waals surface area contributed by atoms with E-state index in [1.165, 1.54) is 0 Å². The summed E-state index contributed by atoms with van der Waals surface area (Å²) in [6.45, 7) is 2.60. The van der Waals surface area contributed by atoms with Crippen LogP contribution < -0.4 is 0 Å². The molecular formula is C12H9Br3N2O. The molecule has 0 amide bonds. The molecular weight excluding hydrogens is 428 g/mol. The van der Waals surface area contributed by atoms with Crippen LogP contribution in [0.4, 0.5) is 0 Å². The second-order valence-electron chi connectivity index (χ2n) is 3.61. The Morgan fingerprint density at radius 2 is 2.00 bits per heavy atom. The first-order valence-corrected chi connectivity index (χ1v) is 7.63. The molecule has 18 heavy (non-hydrogen) atoms. The fourth-order valence-corrected chi connectivity index (χ4v) is 3.33. The fourth-order valence-electron chi connectivity index (χ4n) is 1.63. The maximum absolute atomic E-state index is 12.5. The lowest BCUT2D eigenvalue weighted by Gasteiger charge is -2.07. The van der Waals surface area contributed by atoms with Gasteiger partial charge in [0.25, 0.3) is 0 Å². The van der Waals surface area contributed by atoms with Gasteiger partial charge in [0, 0.05) is 21.1 Å². The maximum atomic E-state index is 12.5. The van der Waals surface area contributed by atoms with Gasteiger partial charge in [0.15, 0.2) is 0 Å². The Balaban J connectivity index is 2.51. The molecule has 0 spiro atoms. The van der Waals surface area contributed by atoms with E-state index in [1.807, 2.05) is 19.1 Å². The molecule has 1 aromatic carbocycles. The minimum absolute atomic E-state index is 0.0550. The standard InChI is InChI=1S/C12H9Br3N2O/c1-2-17-11(10(15)6-16-17)12(18)8-4-3-7(13)5-9(8)14/h3-6H,2H2,1H3. The average Bonchev–Trinajstić information content (AvgIpc) is 2.69. The quantitative estimate of drug-likeness (QED) is 0.667. The number of carbonyl (C=O) groups is 1. The predicted octanol–water partition coefficient (Wildman–Crippen LogP) is 4.42. The normalized spacial score (nSPS) is 10.7. The van der Waals surface area contributed by atoms with Gasteiger partial charge in [0.2, 0.25) is 5.78 Å². The topological polar surface area (TPSA) is 34.9 Å². The number of aromatic nitrogens is 2. The molecule has 0 aliphatic heterocycles. The number of hydrogen-bond donors (Lipinski definition) is 0. The number of nitrogens with zero attached hydrogens (tertiary/aromatic N) is 2.